The molecule has 0 bridgehead atoms. The van der Waals surface area contributed by atoms with Crippen molar-refractivity contribution in [3.63, 3.8) is 0 Å². The van der Waals surface area contributed by atoms with Crippen LogP contribution < -0.4 is 37.1 Å². The van der Waals surface area contributed by atoms with E-state index in [9.17, 15) is 65.7 Å². The number of hydrogen-bond donors (Lipinski definition) is 5. The van der Waals surface area contributed by atoms with Crippen molar-refractivity contribution < 1.29 is 36.2 Å². The van der Waals surface area contributed by atoms with Crippen LogP contribution >= 0.6 is 0 Å². The lowest BCUT2D eigenvalue weighted by Gasteiger charge is -2.18. The molecule has 5 rings (SSSR count). The number of rotatable bonds is 7. The number of aliphatic hydroxyl groups is 1. The summed E-state index contributed by atoms with van der Waals surface area (Å²) in [5, 5.41) is 31.1. The molecule has 47 heavy (non-hydrogen) atoms. The number of nitrogens with zero attached hydrogens (tertiary/aromatic N) is 5. The van der Waals surface area contributed by atoms with E-state index in [4.69, 9.17) is 0 Å². The van der Waals surface area contributed by atoms with E-state index in [1.165, 1.54) is 6.07 Å². The maximum atomic E-state index is 13.5. The lowest BCUT2D eigenvalue weighted by atomic mass is 10.1. The third kappa shape index (κ3) is 7.42. The van der Waals surface area contributed by atoms with Crippen LogP contribution in [0.4, 0.5) is 21.5 Å². The molecule has 25 heteroatoms. The van der Waals surface area contributed by atoms with E-state index in [0.29, 0.717) is 31.4 Å². The normalized spacial score (nSPS) is 14.9. The fraction of sp³-hybridized carbons (Fsp3) is 0.273. The smallest absolute Gasteiger partial charge is 0.348 e. The fourth-order valence-corrected chi connectivity index (χ4v) is 5.46. The highest BCUT2D eigenvalue weighted by Gasteiger charge is 2.28. The number of aromatic nitrogens is 4. The van der Waals surface area contributed by atoms with Crippen molar-refractivity contribution in [1.29, 1.82) is 0 Å². The van der Waals surface area contributed by atoms with Crippen LogP contribution in [0.5, 0.6) is 0 Å². The second-order valence-corrected chi connectivity index (χ2v) is 13.5. The number of nitro benzene ring substituents is 2. The quantitative estimate of drug-likeness (QED) is 0.102. The van der Waals surface area contributed by atoms with Crippen molar-refractivity contribution in [3.05, 3.63) is 92.0 Å². The second kappa shape index (κ2) is 12.2. The summed E-state index contributed by atoms with van der Waals surface area (Å²) in [6.45, 7) is 0.512. The van der Waals surface area contributed by atoms with E-state index in [-0.39, 0.29) is 43.7 Å². The van der Waals surface area contributed by atoms with Gasteiger partial charge in [0.15, 0.2) is 0 Å². The summed E-state index contributed by atoms with van der Waals surface area (Å²) in [6, 6.07) is 3.48. The van der Waals surface area contributed by atoms with Crippen LogP contribution in [0, 0.1) is 26.0 Å². The van der Waals surface area contributed by atoms with E-state index in [1.807, 2.05) is 0 Å². The predicted octanol–water partition coefficient (Wildman–Crippen LogP) is -2.09. The molecular formula is C22H22FN9O13S2. The molecule has 0 spiro atoms. The first kappa shape index (κ1) is 34.2. The zero-order valence-corrected chi connectivity index (χ0v) is 25.4. The minimum atomic E-state index is -3.93. The number of H-pyrrole nitrogens is 2. The first-order chi connectivity index (χ1) is 21.7. The van der Waals surface area contributed by atoms with Gasteiger partial charge in [0.2, 0.25) is 25.9 Å². The molecule has 1 aliphatic heterocycles. The third-order valence-corrected chi connectivity index (χ3v) is 7.40. The lowest BCUT2D eigenvalue weighted by molar-refractivity contribution is -0.387. The van der Waals surface area contributed by atoms with Gasteiger partial charge in [-0.05, 0) is 18.6 Å². The maximum absolute atomic E-state index is 13.5. The van der Waals surface area contributed by atoms with E-state index >= 15 is 0 Å². The number of aliphatic hydroxyl groups excluding tert-OH is 1. The Morgan fingerprint density at radius 2 is 1.28 bits per heavy atom. The summed E-state index contributed by atoms with van der Waals surface area (Å²) in [7, 11) is -7.84. The molecule has 1 saturated heterocycles. The molecule has 1 aliphatic rings. The average molecular weight is 704 g/mol. The molecule has 5 N–H and O–H groups in total. The first-order valence-electron chi connectivity index (χ1n) is 12.7. The molecule has 1 fully saturated rings. The number of hydrogen-bond acceptors (Lipinski definition) is 14. The van der Waals surface area contributed by atoms with Crippen LogP contribution in [0.1, 0.15) is 6.42 Å². The number of nitrogens with one attached hydrogen (secondary N) is 4. The van der Waals surface area contributed by atoms with Gasteiger partial charge < -0.3 is 20.0 Å². The highest BCUT2D eigenvalue weighted by molar-refractivity contribution is 7.91. The average Bonchev–Trinajstić information content (AvgIpc) is 3.38. The van der Waals surface area contributed by atoms with Gasteiger partial charge in [0.1, 0.15) is 5.69 Å². The number of anilines is 1. The molecule has 1 unspecified atom stereocenters. The number of β-amino-alcohol motifs (C(OH)–C–C–N with tert-alkyl or cyclic N) is 1. The van der Waals surface area contributed by atoms with Crippen LogP contribution in [0.15, 0.2) is 43.4 Å². The molecule has 1 atom stereocenters. The molecule has 0 saturated carbocycles. The molecule has 2 aromatic carbocycles. The minimum Gasteiger partial charge on any atom is -0.391 e. The van der Waals surface area contributed by atoms with Gasteiger partial charge in [-0.15, -0.1) is 0 Å². The SMILES string of the molecule is CS(=O)(=O)Nn1c(=O)[nH]c2cc([N+](=O)[O-])c(F)cc2c1=O.CS(=O)(=O)Nn1c(=O)[nH]c2cc([N+](=O)[O-])c(N3CCC(O)C3)cc2c1=O. The Hall–Kier alpha value is -5.69. The van der Waals surface area contributed by atoms with Gasteiger partial charge in [0.05, 0.1) is 50.3 Å². The lowest BCUT2D eigenvalue weighted by Crippen LogP contribution is -2.43. The predicted molar refractivity (Wildman–Crippen MR) is 162 cm³/mol. The highest BCUT2D eigenvalue weighted by atomic mass is 32.2. The Kier molecular flexibility index (Phi) is 8.91. The Balaban J connectivity index is 0.000000218. The van der Waals surface area contributed by atoms with Gasteiger partial charge in [-0.2, -0.15) is 13.7 Å². The monoisotopic (exact) mass is 703 g/mol. The van der Waals surface area contributed by atoms with Crippen molar-refractivity contribution >= 4 is 58.9 Å². The van der Waals surface area contributed by atoms with E-state index in [1.54, 1.807) is 14.6 Å². The van der Waals surface area contributed by atoms with Gasteiger partial charge in [-0.3, -0.25) is 29.8 Å². The topological polar surface area (TPSA) is 312 Å². The maximum Gasteiger partial charge on any atom is 0.348 e. The molecule has 3 heterocycles. The van der Waals surface area contributed by atoms with Gasteiger partial charge in [-0.1, -0.05) is 0 Å². The molecule has 252 valence electrons. The zero-order chi connectivity index (χ0) is 35.2. The zero-order valence-electron chi connectivity index (χ0n) is 23.8. The van der Waals surface area contributed by atoms with Crippen LogP contribution in [0.25, 0.3) is 21.8 Å². The van der Waals surface area contributed by atoms with E-state index < -0.39 is 75.4 Å². The van der Waals surface area contributed by atoms with Crippen molar-refractivity contribution in [3.8, 4) is 0 Å². The van der Waals surface area contributed by atoms with Crippen LogP contribution in [0.2, 0.25) is 0 Å². The van der Waals surface area contributed by atoms with Crippen molar-refractivity contribution in [1.82, 2.24) is 19.3 Å². The molecule has 0 aliphatic carbocycles. The Bertz CT molecular complexity index is 2440. The summed E-state index contributed by atoms with van der Waals surface area (Å²) in [4.78, 5) is 77.6. The molecule has 4 aromatic rings. The highest BCUT2D eigenvalue weighted by Crippen LogP contribution is 2.33. The standard InChI is InChI=1S/C13H15N5O7S.C9H7FN4O6S/c1-26(24,25)15-17-12(20)8-4-10(16-3-2-7(19)6-16)11(18(22)23)5-9(8)14-13(17)21;1-21(19,20)12-13-8(15)4-2-5(10)7(14(17)18)3-6(4)11-9(13)16/h4-5,7,15,19H,2-3,6H2,1H3,(H,14,21);2-3,12H,1H3,(H,11,16). The number of fused-ring (bicyclic) bond motifs is 2. The molecular weight excluding hydrogens is 681 g/mol. The summed E-state index contributed by atoms with van der Waals surface area (Å²) in [6.07, 6.45) is 1.25. The van der Waals surface area contributed by atoms with Crippen molar-refractivity contribution in [2.24, 2.45) is 0 Å². The summed E-state index contributed by atoms with van der Waals surface area (Å²) < 4.78 is 58.7. The number of benzene rings is 2. The van der Waals surface area contributed by atoms with E-state index in [0.717, 1.165) is 12.3 Å². The van der Waals surface area contributed by atoms with Crippen molar-refractivity contribution in [2.75, 3.05) is 40.2 Å². The van der Waals surface area contributed by atoms with Gasteiger partial charge >= 0.3 is 17.1 Å². The second-order valence-electron chi connectivity index (χ2n) is 10.0. The van der Waals surface area contributed by atoms with Gasteiger partial charge in [0, 0.05) is 25.2 Å². The summed E-state index contributed by atoms with van der Waals surface area (Å²) in [5.41, 5.74) is -5.91. The fourth-order valence-electron chi connectivity index (χ4n) is 4.46. The number of aromatic amines is 2. The van der Waals surface area contributed by atoms with Crippen LogP contribution in [-0.2, 0) is 20.0 Å². The van der Waals surface area contributed by atoms with Crippen molar-refractivity contribution in [2.45, 2.75) is 12.5 Å². The Labute approximate surface area is 259 Å². The van der Waals surface area contributed by atoms with Crippen LogP contribution in [-0.4, -0.2) is 82.8 Å². The minimum absolute atomic E-state index is 0.0956. The Morgan fingerprint density at radius 3 is 1.68 bits per heavy atom. The Morgan fingerprint density at radius 1 is 0.830 bits per heavy atom. The summed E-state index contributed by atoms with van der Waals surface area (Å²) >= 11 is 0. The van der Waals surface area contributed by atoms with Gasteiger partial charge in [0.25, 0.3) is 16.8 Å². The largest absolute Gasteiger partial charge is 0.391 e. The molecule has 0 radical (unpaired) electrons. The number of nitro groups is 2. The van der Waals surface area contributed by atoms with E-state index in [2.05, 4.69) is 9.97 Å². The molecule has 22 nitrogen and oxygen atoms in total. The van der Waals surface area contributed by atoms with Gasteiger partial charge in [-0.25, -0.2) is 36.1 Å². The third-order valence-electron chi connectivity index (χ3n) is 6.37. The first-order valence-corrected chi connectivity index (χ1v) is 16.4. The molecule has 2 aromatic heterocycles. The van der Waals surface area contributed by atoms with Crippen LogP contribution in [0.3, 0.4) is 0 Å². The number of halogens is 1. The molecule has 0 amide bonds. The number of sulfonamides is 2. The summed E-state index contributed by atoms with van der Waals surface area (Å²) in [5.74, 6) is -1.29.